The highest BCUT2D eigenvalue weighted by Gasteiger charge is 2.42. The zero-order chi connectivity index (χ0) is 17.2. The smallest absolute Gasteiger partial charge is 0.315 e. The van der Waals surface area contributed by atoms with E-state index in [0.717, 1.165) is 36.0 Å². The molecule has 2 aromatic rings. The quantitative estimate of drug-likeness (QED) is 0.469. The summed E-state index contributed by atoms with van der Waals surface area (Å²) in [6.45, 7) is 0. The van der Waals surface area contributed by atoms with Crippen LogP contribution in [0.15, 0.2) is 24.3 Å². The van der Waals surface area contributed by atoms with Crippen LogP contribution in [0.25, 0.3) is 11.0 Å². The van der Waals surface area contributed by atoms with Crippen LogP contribution in [-0.2, 0) is 4.79 Å². The Kier molecular flexibility index (Phi) is 4.52. The summed E-state index contributed by atoms with van der Waals surface area (Å²) in [5.74, 6) is 1.45. The number of amides is 3. The number of aromatic amines is 1. The number of benzene rings is 1. The van der Waals surface area contributed by atoms with Gasteiger partial charge in [-0.25, -0.2) is 9.78 Å². The Hall–Kier alpha value is -2.22. The molecule has 3 amide bonds. The van der Waals surface area contributed by atoms with E-state index in [-0.39, 0.29) is 24.0 Å². The molecule has 0 saturated carbocycles. The van der Waals surface area contributed by atoms with Crippen molar-refractivity contribution in [3.05, 3.63) is 24.3 Å². The molecule has 2 aliphatic rings. The number of anilines is 1. The highest BCUT2D eigenvalue weighted by molar-refractivity contribution is 8.00. The van der Waals surface area contributed by atoms with Crippen LogP contribution in [0.5, 0.6) is 0 Å². The van der Waals surface area contributed by atoms with Crippen LogP contribution in [0.1, 0.15) is 25.7 Å². The van der Waals surface area contributed by atoms with Crippen molar-refractivity contribution < 1.29 is 9.59 Å². The molecule has 132 valence electrons. The van der Waals surface area contributed by atoms with Gasteiger partial charge < -0.3 is 15.6 Å². The molecule has 4 N–H and O–H groups in total. The molecule has 2 fully saturated rings. The Morgan fingerprint density at radius 2 is 2.16 bits per heavy atom. The second-order valence-corrected chi connectivity index (χ2v) is 7.79. The van der Waals surface area contributed by atoms with Crippen molar-refractivity contribution in [1.29, 1.82) is 0 Å². The number of H-pyrrole nitrogens is 1. The van der Waals surface area contributed by atoms with E-state index >= 15 is 0 Å². The summed E-state index contributed by atoms with van der Waals surface area (Å²) in [5, 5.41) is 9.22. The van der Waals surface area contributed by atoms with E-state index in [1.807, 2.05) is 36.0 Å². The molecule has 0 bridgehead atoms. The molecule has 0 spiro atoms. The molecular formula is C17H21N5O2S. The number of para-hydroxylation sites is 2. The Balaban J connectivity index is 1.20. The van der Waals surface area contributed by atoms with Crippen molar-refractivity contribution in [2.75, 3.05) is 11.1 Å². The first-order valence-electron chi connectivity index (χ1n) is 8.62. The van der Waals surface area contributed by atoms with Gasteiger partial charge in [0.15, 0.2) is 0 Å². The lowest BCUT2D eigenvalue weighted by Crippen LogP contribution is -2.36. The zero-order valence-electron chi connectivity index (χ0n) is 13.7. The molecule has 0 aliphatic carbocycles. The summed E-state index contributed by atoms with van der Waals surface area (Å²) in [6, 6.07) is 8.14. The average molecular weight is 359 g/mol. The topological polar surface area (TPSA) is 98.9 Å². The number of hydrogen-bond acceptors (Lipinski definition) is 4. The summed E-state index contributed by atoms with van der Waals surface area (Å²) in [6.07, 6.45) is 3.31. The lowest BCUT2D eigenvalue weighted by Gasteiger charge is -2.16. The molecule has 7 nitrogen and oxygen atoms in total. The number of nitrogens with one attached hydrogen (secondary N) is 4. The van der Waals surface area contributed by atoms with E-state index in [9.17, 15) is 9.59 Å². The number of unbranched alkanes of at least 4 members (excludes halogenated alkanes) is 1. The Labute approximate surface area is 149 Å². The number of nitrogens with zero attached hydrogens (tertiary/aromatic N) is 1. The van der Waals surface area contributed by atoms with E-state index in [4.69, 9.17) is 0 Å². The summed E-state index contributed by atoms with van der Waals surface area (Å²) >= 11 is 1.91. The summed E-state index contributed by atoms with van der Waals surface area (Å²) in [4.78, 5) is 30.9. The first-order valence-corrected chi connectivity index (χ1v) is 9.67. The minimum absolute atomic E-state index is 0.0214. The van der Waals surface area contributed by atoms with Gasteiger partial charge in [-0.2, -0.15) is 11.8 Å². The number of imidazole rings is 1. The molecule has 2 saturated heterocycles. The van der Waals surface area contributed by atoms with E-state index in [2.05, 4.69) is 25.9 Å². The maximum absolute atomic E-state index is 12.1. The molecule has 4 rings (SSSR count). The summed E-state index contributed by atoms with van der Waals surface area (Å²) < 4.78 is 0. The molecule has 3 atom stereocenters. The third-order valence-electron chi connectivity index (χ3n) is 4.73. The minimum atomic E-state index is -0.0505. The zero-order valence-corrected chi connectivity index (χ0v) is 14.6. The standard InChI is InChI=1S/C17H21N5O2S/c23-14(21-16-18-10-5-1-2-6-11(10)19-16)8-4-3-7-13-15-12(9-25-13)20-17(24)22-15/h1-2,5-6,12-13,15H,3-4,7-9H2,(H2,20,22,24)(H2,18,19,21,23)/t12-,13-,15?/m0/s1. The number of urea groups is 1. The van der Waals surface area contributed by atoms with E-state index in [1.54, 1.807) is 0 Å². The maximum atomic E-state index is 12.1. The van der Waals surface area contributed by atoms with Crippen molar-refractivity contribution in [2.45, 2.75) is 43.0 Å². The molecule has 8 heteroatoms. The molecule has 3 heterocycles. The summed E-state index contributed by atoms with van der Waals surface area (Å²) in [7, 11) is 0. The van der Waals surface area contributed by atoms with Crippen LogP contribution in [-0.4, -0.2) is 45.0 Å². The highest BCUT2D eigenvalue weighted by Crippen LogP contribution is 2.33. The lowest BCUT2D eigenvalue weighted by atomic mass is 10.0. The van der Waals surface area contributed by atoms with Crippen molar-refractivity contribution in [2.24, 2.45) is 0 Å². The first kappa shape index (κ1) is 16.3. The van der Waals surface area contributed by atoms with E-state index < -0.39 is 0 Å². The fraction of sp³-hybridized carbons (Fsp3) is 0.471. The van der Waals surface area contributed by atoms with Crippen LogP contribution < -0.4 is 16.0 Å². The second kappa shape index (κ2) is 6.95. The van der Waals surface area contributed by atoms with Gasteiger partial charge in [-0.05, 0) is 25.0 Å². The van der Waals surface area contributed by atoms with Crippen molar-refractivity contribution >= 4 is 40.7 Å². The average Bonchev–Trinajstić information content (AvgIpc) is 3.25. The van der Waals surface area contributed by atoms with Crippen LogP contribution in [0, 0.1) is 0 Å². The SMILES string of the molecule is O=C(CCCC[C@@H]1SC[C@@H]2NC(=O)NC21)Nc1nc2ccccc2[nH]1. The fourth-order valence-electron chi connectivity index (χ4n) is 3.48. The van der Waals surface area contributed by atoms with Gasteiger partial charge in [0, 0.05) is 17.4 Å². The van der Waals surface area contributed by atoms with E-state index in [0.29, 0.717) is 17.6 Å². The Bertz CT molecular complexity index is 759. The van der Waals surface area contributed by atoms with Gasteiger partial charge in [-0.3, -0.25) is 10.1 Å². The summed E-state index contributed by atoms with van der Waals surface area (Å²) in [5.41, 5.74) is 1.76. The predicted octanol–water partition coefficient (Wildman–Crippen LogP) is 2.23. The fourth-order valence-corrected chi connectivity index (χ4v) is 5.02. The van der Waals surface area contributed by atoms with Crippen molar-refractivity contribution in [3.63, 3.8) is 0 Å². The Morgan fingerprint density at radius 3 is 3.04 bits per heavy atom. The third kappa shape index (κ3) is 3.58. The number of thioether (sulfide) groups is 1. The van der Waals surface area contributed by atoms with Crippen LogP contribution in [0.4, 0.5) is 10.7 Å². The number of hydrogen-bond donors (Lipinski definition) is 4. The van der Waals surface area contributed by atoms with Gasteiger partial charge in [0.1, 0.15) is 0 Å². The lowest BCUT2D eigenvalue weighted by molar-refractivity contribution is -0.116. The van der Waals surface area contributed by atoms with Gasteiger partial charge in [0.25, 0.3) is 0 Å². The van der Waals surface area contributed by atoms with Crippen molar-refractivity contribution in [1.82, 2.24) is 20.6 Å². The minimum Gasteiger partial charge on any atom is -0.332 e. The largest absolute Gasteiger partial charge is 0.332 e. The van der Waals surface area contributed by atoms with Crippen LogP contribution in [0.3, 0.4) is 0 Å². The van der Waals surface area contributed by atoms with Gasteiger partial charge in [-0.1, -0.05) is 18.6 Å². The number of carbonyl (C=O) groups is 2. The van der Waals surface area contributed by atoms with Gasteiger partial charge in [-0.15, -0.1) is 0 Å². The molecule has 1 aromatic heterocycles. The highest BCUT2D eigenvalue weighted by atomic mass is 32.2. The van der Waals surface area contributed by atoms with Gasteiger partial charge >= 0.3 is 6.03 Å². The monoisotopic (exact) mass is 359 g/mol. The molecular weight excluding hydrogens is 338 g/mol. The molecule has 1 aromatic carbocycles. The maximum Gasteiger partial charge on any atom is 0.315 e. The number of fused-ring (bicyclic) bond motifs is 2. The van der Waals surface area contributed by atoms with Gasteiger partial charge in [0.2, 0.25) is 11.9 Å². The number of aromatic nitrogens is 2. The molecule has 25 heavy (non-hydrogen) atoms. The van der Waals surface area contributed by atoms with Crippen molar-refractivity contribution in [3.8, 4) is 0 Å². The molecule has 0 radical (unpaired) electrons. The van der Waals surface area contributed by atoms with Crippen LogP contribution >= 0.6 is 11.8 Å². The van der Waals surface area contributed by atoms with Crippen LogP contribution in [0.2, 0.25) is 0 Å². The third-order valence-corrected chi connectivity index (χ3v) is 6.24. The number of carbonyl (C=O) groups excluding carboxylic acids is 2. The molecule has 2 aliphatic heterocycles. The van der Waals surface area contributed by atoms with E-state index in [1.165, 1.54) is 0 Å². The van der Waals surface area contributed by atoms with Gasteiger partial charge in [0.05, 0.1) is 23.1 Å². The Morgan fingerprint density at radius 1 is 1.28 bits per heavy atom. The second-order valence-electron chi connectivity index (χ2n) is 6.52. The normalized spacial score (nSPS) is 24.8. The first-order chi connectivity index (χ1) is 12.2. The number of rotatable bonds is 6. The molecule has 1 unspecified atom stereocenters. The predicted molar refractivity (Wildman–Crippen MR) is 98.7 cm³/mol.